The quantitative estimate of drug-likeness (QED) is 0.811. The molecule has 1 fully saturated rings. The third-order valence-corrected chi connectivity index (χ3v) is 3.51. The molecule has 2 aromatic rings. The molecule has 3 nitrogen and oxygen atoms in total. The standard InChI is InChI=1S/C14H17N3/c15-11-6-9-17(10-7-11)14-5-8-16-13-4-2-1-3-12(13)14/h1-5,8,11H,6-7,9-10,15H2. The Morgan fingerprint density at radius 1 is 1.12 bits per heavy atom. The number of pyridine rings is 1. The molecule has 0 spiro atoms. The molecule has 3 heteroatoms. The molecule has 1 aromatic carbocycles. The number of nitrogens with two attached hydrogens (primary N) is 1. The van der Waals surface area contributed by atoms with Crippen LogP contribution in [-0.4, -0.2) is 24.1 Å². The predicted octanol–water partition coefficient (Wildman–Crippen LogP) is 2.16. The van der Waals surface area contributed by atoms with Crippen LogP contribution >= 0.6 is 0 Å². The van der Waals surface area contributed by atoms with Crippen molar-refractivity contribution in [1.82, 2.24) is 4.98 Å². The van der Waals surface area contributed by atoms with Crippen LogP contribution in [0, 0.1) is 0 Å². The lowest BCUT2D eigenvalue weighted by Crippen LogP contribution is -2.39. The highest BCUT2D eigenvalue weighted by Crippen LogP contribution is 2.27. The van der Waals surface area contributed by atoms with Crippen LogP contribution in [-0.2, 0) is 0 Å². The molecule has 0 radical (unpaired) electrons. The Kier molecular flexibility index (Phi) is 2.69. The topological polar surface area (TPSA) is 42.1 Å². The van der Waals surface area contributed by atoms with Crippen molar-refractivity contribution in [2.75, 3.05) is 18.0 Å². The van der Waals surface area contributed by atoms with E-state index >= 15 is 0 Å². The van der Waals surface area contributed by atoms with E-state index in [9.17, 15) is 0 Å². The van der Waals surface area contributed by atoms with Crippen molar-refractivity contribution < 1.29 is 0 Å². The maximum atomic E-state index is 5.95. The van der Waals surface area contributed by atoms with Crippen LogP contribution in [0.5, 0.6) is 0 Å². The van der Waals surface area contributed by atoms with Gasteiger partial charge in [0.1, 0.15) is 0 Å². The molecule has 0 atom stereocenters. The summed E-state index contributed by atoms with van der Waals surface area (Å²) in [4.78, 5) is 6.82. The zero-order chi connectivity index (χ0) is 11.7. The van der Waals surface area contributed by atoms with Gasteiger partial charge in [0.15, 0.2) is 0 Å². The zero-order valence-corrected chi connectivity index (χ0v) is 9.84. The number of aromatic nitrogens is 1. The first-order valence-electron chi connectivity index (χ1n) is 6.19. The van der Waals surface area contributed by atoms with Crippen molar-refractivity contribution in [3.8, 4) is 0 Å². The Labute approximate surface area is 101 Å². The van der Waals surface area contributed by atoms with Crippen molar-refractivity contribution in [3.05, 3.63) is 36.5 Å². The molecule has 1 aliphatic heterocycles. The van der Waals surface area contributed by atoms with E-state index in [-0.39, 0.29) is 0 Å². The van der Waals surface area contributed by atoms with Crippen LogP contribution in [0.25, 0.3) is 10.9 Å². The molecule has 1 aromatic heterocycles. The minimum absolute atomic E-state index is 0.374. The minimum Gasteiger partial charge on any atom is -0.371 e. The number of hydrogen-bond acceptors (Lipinski definition) is 3. The van der Waals surface area contributed by atoms with Crippen LogP contribution in [0.15, 0.2) is 36.5 Å². The van der Waals surface area contributed by atoms with E-state index in [1.807, 2.05) is 12.3 Å². The summed E-state index contributed by atoms with van der Waals surface area (Å²) in [5, 5.41) is 1.24. The fraction of sp³-hybridized carbons (Fsp3) is 0.357. The van der Waals surface area contributed by atoms with Gasteiger partial charge >= 0.3 is 0 Å². The largest absolute Gasteiger partial charge is 0.371 e. The third kappa shape index (κ3) is 1.98. The van der Waals surface area contributed by atoms with Crippen LogP contribution in [0.3, 0.4) is 0 Å². The summed E-state index contributed by atoms with van der Waals surface area (Å²) in [7, 11) is 0. The highest BCUT2D eigenvalue weighted by atomic mass is 15.1. The van der Waals surface area contributed by atoms with Crippen LogP contribution in [0.4, 0.5) is 5.69 Å². The lowest BCUT2D eigenvalue weighted by atomic mass is 10.0. The average Bonchev–Trinajstić information content (AvgIpc) is 2.39. The minimum atomic E-state index is 0.374. The van der Waals surface area contributed by atoms with Gasteiger partial charge in [-0.25, -0.2) is 0 Å². The second-order valence-corrected chi connectivity index (χ2v) is 4.67. The van der Waals surface area contributed by atoms with Gasteiger partial charge in [-0.2, -0.15) is 0 Å². The molecule has 1 aliphatic rings. The highest BCUT2D eigenvalue weighted by Gasteiger charge is 2.17. The number of piperidine rings is 1. The van der Waals surface area contributed by atoms with Crippen molar-refractivity contribution in [2.45, 2.75) is 18.9 Å². The molecular weight excluding hydrogens is 210 g/mol. The number of fused-ring (bicyclic) bond motifs is 1. The number of benzene rings is 1. The second kappa shape index (κ2) is 4.34. The summed E-state index contributed by atoms with van der Waals surface area (Å²) in [5.41, 5.74) is 8.31. The Morgan fingerprint density at radius 3 is 2.71 bits per heavy atom. The summed E-state index contributed by atoms with van der Waals surface area (Å²) < 4.78 is 0. The fourth-order valence-electron chi connectivity index (χ4n) is 2.50. The van der Waals surface area contributed by atoms with E-state index in [1.165, 1.54) is 11.1 Å². The van der Waals surface area contributed by atoms with Crippen LogP contribution in [0.2, 0.25) is 0 Å². The Hall–Kier alpha value is -1.61. The fourth-order valence-corrected chi connectivity index (χ4v) is 2.50. The molecule has 17 heavy (non-hydrogen) atoms. The molecule has 0 amide bonds. The molecule has 1 saturated heterocycles. The summed E-state index contributed by atoms with van der Waals surface area (Å²) in [6.45, 7) is 2.10. The summed E-state index contributed by atoms with van der Waals surface area (Å²) >= 11 is 0. The Bertz CT molecular complexity index is 510. The molecule has 0 aliphatic carbocycles. The van der Waals surface area contributed by atoms with Crippen molar-refractivity contribution >= 4 is 16.6 Å². The van der Waals surface area contributed by atoms with Gasteiger partial charge < -0.3 is 10.6 Å². The molecular formula is C14H17N3. The van der Waals surface area contributed by atoms with Gasteiger partial charge in [-0.1, -0.05) is 18.2 Å². The molecule has 0 bridgehead atoms. The summed E-state index contributed by atoms with van der Waals surface area (Å²) in [6, 6.07) is 10.8. The van der Waals surface area contributed by atoms with E-state index in [0.717, 1.165) is 31.4 Å². The van der Waals surface area contributed by atoms with Gasteiger partial charge in [0, 0.05) is 36.4 Å². The molecule has 2 heterocycles. The van der Waals surface area contributed by atoms with Crippen molar-refractivity contribution in [1.29, 1.82) is 0 Å². The van der Waals surface area contributed by atoms with Crippen molar-refractivity contribution in [2.24, 2.45) is 5.73 Å². The van der Waals surface area contributed by atoms with Crippen LogP contribution < -0.4 is 10.6 Å². The zero-order valence-electron chi connectivity index (χ0n) is 9.84. The maximum absolute atomic E-state index is 5.95. The van der Waals surface area contributed by atoms with Gasteiger partial charge in [0.2, 0.25) is 0 Å². The first-order chi connectivity index (χ1) is 8.34. The SMILES string of the molecule is NC1CCN(c2ccnc3ccccc23)CC1. The molecule has 3 rings (SSSR count). The number of anilines is 1. The monoisotopic (exact) mass is 227 g/mol. The molecule has 0 unspecified atom stereocenters. The molecule has 88 valence electrons. The summed E-state index contributed by atoms with van der Waals surface area (Å²) in [5.74, 6) is 0. The van der Waals surface area contributed by atoms with E-state index in [1.54, 1.807) is 0 Å². The second-order valence-electron chi connectivity index (χ2n) is 4.67. The normalized spacial score (nSPS) is 17.6. The number of nitrogens with zero attached hydrogens (tertiary/aromatic N) is 2. The van der Waals surface area contributed by atoms with E-state index in [4.69, 9.17) is 5.73 Å². The smallest absolute Gasteiger partial charge is 0.0722 e. The maximum Gasteiger partial charge on any atom is 0.0722 e. The third-order valence-electron chi connectivity index (χ3n) is 3.51. The van der Waals surface area contributed by atoms with Crippen molar-refractivity contribution in [3.63, 3.8) is 0 Å². The highest BCUT2D eigenvalue weighted by molar-refractivity contribution is 5.91. The predicted molar refractivity (Wildman–Crippen MR) is 71.2 cm³/mol. The van der Waals surface area contributed by atoms with Gasteiger partial charge in [0.25, 0.3) is 0 Å². The number of hydrogen-bond donors (Lipinski definition) is 1. The summed E-state index contributed by atoms with van der Waals surface area (Å²) in [6.07, 6.45) is 4.06. The van der Waals surface area contributed by atoms with Gasteiger partial charge in [-0.15, -0.1) is 0 Å². The van der Waals surface area contributed by atoms with Gasteiger partial charge in [0.05, 0.1) is 5.52 Å². The first-order valence-corrected chi connectivity index (χ1v) is 6.19. The van der Waals surface area contributed by atoms with E-state index < -0.39 is 0 Å². The van der Waals surface area contributed by atoms with E-state index in [0.29, 0.717) is 6.04 Å². The number of rotatable bonds is 1. The van der Waals surface area contributed by atoms with Gasteiger partial charge in [-0.05, 0) is 25.0 Å². The number of para-hydroxylation sites is 1. The van der Waals surface area contributed by atoms with E-state index in [2.05, 4.69) is 34.1 Å². The lowest BCUT2D eigenvalue weighted by molar-refractivity contribution is 0.502. The average molecular weight is 227 g/mol. The molecule has 2 N–H and O–H groups in total. The van der Waals surface area contributed by atoms with Gasteiger partial charge in [-0.3, -0.25) is 4.98 Å². The first kappa shape index (κ1) is 10.5. The van der Waals surface area contributed by atoms with Crippen LogP contribution in [0.1, 0.15) is 12.8 Å². The lowest BCUT2D eigenvalue weighted by Gasteiger charge is -2.32. The Morgan fingerprint density at radius 2 is 1.88 bits per heavy atom. The Balaban J connectivity index is 2.00. The molecule has 0 saturated carbocycles.